The molecular formula is C17H19F3N4O2. The fourth-order valence-corrected chi connectivity index (χ4v) is 2.18. The number of rotatable bonds is 6. The molecule has 1 heterocycles. The molecule has 0 spiro atoms. The molecule has 0 bridgehead atoms. The summed E-state index contributed by atoms with van der Waals surface area (Å²) in [5, 5.41) is 5.70. The standard InChI is InChI=1S/C17H19F3N4O2/c1-4-15(25)24-14-9-21-16(11(3)22-14)23-10(2)12-6-5-7-13(8-12)26-17(18,19)20/h5-10H,4H2,1-3H3,(H,21,23)(H,22,24,25). The van der Waals surface area contributed by atoms with E-state index in [2.05, 4.69) is 25.3 Å². The van der Waals surface area contributed by atoms with Crippen molar-refractivity contribution in [3.63, 3.8) is 0 Å². The number of aryl methyl sites for hydroxylation is 1. The molecule has 0 fully saturated rings. The number of benzene rings is 1. The molecule has 0 saturated carbocycles. The summed E-state index contributed by atoms with van der Waals surface area (Å²) >= 11 is 0. The van der Waals surface area contributed by atoms with Crippen molar-refractivity contribution < 1.29 is 22.7 Å². The fourth-order valence-electron chi connectivity index (χ4n) is 2.18. The van der Waals surface area contributed by atoms with E-state index in [1.165, 1.54) is 24.4 Å². The Morgan fingerprint density at radius 1 is 1.35 bits per heavy atom. The molecule has 1 aromatic heterocycles. The van der Waals surface area contributed by atoms with Crippen LogP contribution in [0, 0.1) is 6.92 Å². The van der Waals surface area contributed by atoms with Gasteiger partial charge in [-0.25, -0.2) is 9.97 Å². The van der Waals surface area contributed by atoms with Crippen LogP contribution in [-0.2, 0) is 4.79 Å². The number of aromatic nitrogens is 2. The Bertz CT molecular complexity index is 781. The Kier molecular flexibility index (Phi) is 6.01. The average molecular weight is 368 g/mol. The fraction of sp³-hybridized carbons (Fsp3) is 0.353. The van der Waals surface area contributed by atoms with Gasteiger partial charge in [-0.05, 0) is 31.5 Å². The predicted molar refractivity (Wildman–Crippen MR) is 90.9 cm³/mol. The van der Waals surface area contributed by atoms with Crippen molar-refractivity contribution >= 4 is 17.5 Å². The minimum Gasteiger partial charge on any atom is -0.406 e. The summed E-state index contributed by atoms with van der Waals surface area (Å²) in [4.78, 5) is 19.8. The zero-order valence-corrected chi connectivity index (χ0v) is 14.5. The third-order valence-electron chi connectivity index (χ3n) is 3.48. The third kappa shape index (κ3) is 5.61. The molecule has 0 saturated heterocycles. The van der Waals surface area contributed by atoms with Gasteiger partial charge in [-0.3, -0.25) is 4.79 Å². The van der Waals surface area contributed by atoms with Gasteiger partial charge < -0.3 is 15.4 Å². The van der Waals surface area contributed by atoms with E-state index < -0.39 is 6.36 Å². The SMILES string of the molecule is CCC(=O)Nc1cnc(NC(C)c2cccc(OC(F)(F)F)c2)c(C)n1. The summed E-state index contributed by atoms with van der Waals surface area (Å²) in [6.07, 6.45) is -3.00. The van der Waals surface area contributed by atoms with Crippen LogP contribution in [0.2, 0.25) is 0 Å². The molecule has 0 radical (unpaired) electrons. The molecule has 1 amide bonds. The number of amides is 1. The van der Waals surface area contributed by atoms with E-state index in [1.54, 1.807) is 26.8 Å². The van der Waals surface area contributed by atoms with Crippen molar-refractivity contribution in [1.29, 1.82) is 0 Å². The number of carbonyl (C=O) groups is 1. The molecule has 2 aromatic rings. The van der Waals surface area contributed by atoms with Crippen LogP contribution < -0.4 is 15.4 Å². The summed E-state index contributed by atoms with van der Waals surface area (Å²) in [6.45, 7) is 5.22. The van der Waals surface area contributed by atoms with Crippen LogP contribution in [0.4, 0.5) is 24.8 Å². The number of halogens is 3. The first kappa shape index (κ1) is 19.5. The van der Waals surface area contributed by atoms with Gasteiger partial charge in [0.15, 0.2) is 5.82 Å². The van der Waals surface area contributed by atoms with E-state index in [0.717, 1.165) is 0 Å². The number of alkyl halides is 3. The second kappa shape index (κ2) is 8.03. The van der Waals surface area contributed by atoms with Crippen LogP contribution in [0.1, 0.15) is 37.6 Å². The van der Waals surface area contributed by atoms with E-state index in [1.807, 2.05) is 0 Å². The van der Waals surface area contributed by atoms with Crippen molar-refractivity contribution in [3.8, 4) is 5.75 Å². The lowest BCUT2D eigenvalue weighted by Gasteiger charge is -2.18. The maximum Gasteiger partial charge on any atom is 0.573 e. The molecule has 140 valence electrons. The van der Waals surface area contributed by atoms with Crippen LogP contribution >= 0.6 is 0 Å². The second-order valence-electron chi connectivity index (χ2n) is 5.58. The van der Waals surface area contributed by atoms with E-state index in [9.17, 15) is 18.0 Å². The topological polar surface area (TPSA) is 76.1 Å². The summed E-state index contributed by atoms with van der Waals surface area (Å²) < 4.78 is 41.0. The van der Waals surface area contributed by atoms with Gasteiger partial charge in [-0.1, -0.05) is 19.1 Å². The lowest BCUT2D eigenvalue weighted by Crippen LogP contribution is -2.17. The van der Waals surface area contributed by atoms with Gasteiger partial charge in [0.05, 0.1) is 17.9 Å². The van der Waals surface area contributed by atoms with Gasteiger partial charge in [0.25, 0.3) is 0 Å². The Morgan fingerprint density at radius 3 is 2.69 bits per heavy atom. The third-order valence-corrected chi connectivity index (χ3v) is 3.48. The maximum atomic E-state index is 12.3. The number of hydrogen-bond donors (Lipinski definition) is 2. The monoisotopic (exact) mass is 368 g/mol. The molecule has 1 unspecified atom stereocenters. The van der Waals surface area contributed by atoms with Crippen molar-refractivity contribution in [1.82, 2.24) is 9.97 Å². The summed E-state index contributed by atoms with van der Waals surface area (Å²) in [5.41, 5.74) is 1.14. The first-order valence-electron chi connectivity index (χ1n) is 7.93. The average Bonchev–Trinajstić information content (AvgIpc) is 2.55. The molecule has 1 atom stereocenters. The van der Waals surface area contributed by atoms with Crippen LogP contribution in [0.3, 0.4) is 0 Å². The largest absolute Gasteiger partial charge is 0.573 e. The summed E-state index contributed by atoms with van der Waals surface area (Å²) in [6, 6.07) is 5.37. The molecule has 2 rings (SSSR count). The Balaban J connectivity index is 2.11. The van der Waals surface area contributed by atoms with Crippen LogP contribution in [0.15, 0.2) is 30.5 Å². The highest BCUT2D eigenvalue weighted by Gasteiger charge is 2.31. The number of carbonyl (C=O) groups excluding carboxylic acids is 1. The predicted octanol–water partition coefficient (Wildman–Crippen LogP) is 4.21. The minimum atomic E-state index is -4.74. The highest BCUT2D eigenvalue weighted by Crippen LogP contribution is 2.27. The van der Waals surface area contributed by atoms with Gasteiger partial charge in [0.2, 0.25) is 5.91 Å². The minimum absolute atomic E-state index is 0.172. The number of hydrogen-bond acceptors (Lipinski definition) is 5. The molecule has 0 aliphatic rings. The van der Waals surface area contributed by atoms with E-state index in [4.69, 9.17) is 0 Å². The molecule has 26 heavy (non-hydrogen) atoms. The Morgan fingerprint density at radius 2 is 2.08 bits per heavy atom. The quantitative estimate of drug-likeness (QED) is 0.799. The molecule has 1 aromatic carbocycles. The van der Waals surface area contributed by atoms with Crippen molar-refractivity contribution in [2.75, 3.05) is 10.6 Å². The highest BCUT2D eigenvalue weighted by atomic mass is 19.4. The second-order valence-corrected chi connectivity index (χ2v) is 5.58. The number of nitrogens with zero attached hydrogens (tertiary/aromatic N) is 2. The van der Waals surface area contributed by atoms with Gasteiger partial charge in [0, 0.05) is 6.42 Å². The number of ether oxygens (including phenoxy) is 1. The van der Waals surface area contributed by atoms with Crippen molar-refractivity contribution in [2.24, 2.45) is 0 Å². The number of nitrogens with one attached hydrogen (secondary N) is 2. The summed E-state index contributed by atoms with van der Waals surface area (Å²) in [5.74, 6) is 0.348. The van der Waals surface area contributed by atoms with Gasteiger partial charge in [-0.2, -0.15) is 0 Å². The zero-order valence-electron chi connectivity index (χ0n) is 14.5. The Hall–Kier alpha value is -2.84. The van der Waals surface area contributed by atoms with Crippen molar-refractivity contribution in [3.05, 3.63) is 41.7 Å². The smallest absolute Gasteiger partial charge is 0.406 e. The molecule has 0 aliphatic carbocycles. The first-order valence-corrected chi connectivity index (χ1v) is 7.93. The van der Waals surface area contributed by atoms with E-state index in [-0.39, 0.29) is 17.7 Å². The van der Waals surface area contributed by atoms with E-state index >= 15 is 0 Å². The Labute approximate surface area is 148 Å². The summed E-state index contributed by atoms with van der Waals surface area (Å²) in [7, 11) is 0. The first-order chi connectivity index (χ1) is 12.2. The van der Waals surface area contributed by atoms with Crippen LogP contribution in [0.25, 0.3) is 0 Å². The molecule has 0 aliphatic heterocycles. The molecule has 2 N–H and O–H groups in total. The maximum absolute atomic E-state index is 12.3. The molecule has 6 nitrogen and oxygen atoms in total. The lowest BCUT2D eigenvalue weighted by molar-refractivity contribution is -0.274. The highest BCUT2D eigenvalue weighted by molar-refractivity contribution is 5.89. The van der Waals surface area contributed by atoms with Crippen LogP contribution in [-0.4, -0.2) is 22.2 Å². The normalized spacial score (nSPS) is 12.4. The zero-order chi connectivity index (χ0) is 19.3. The van der Waals surface area contributed by atoms with E-state index in [0.29, 0.717) is 29.3 Å². The van der Waals surface area contributed by atoms with Gasteiger partial charge in [0.1, 0.15) is 11.6 Å². The van der Waals surface area contributed by atoms with Crippen LogP contribution in [0.5, 0.6) is 5.75 Å². The number of anilines is 2. The lowest BCUT2D eigenvalue weighted by atomic mass is 10.1. The molecule has 9 heteroatoms. The van der Waals surface area contributed by atoms with Gasteiger partial charge >= 0.3 is 6.36 Å². The molecular weight excluding hydrogens is 349 g/mol. The van der Waals surface area contributed by atoms with Crippen molar-refractivity contribution in [2.45, 2.75) is 39.6 Å². The van der Waals surface area contributed by atoms with Gasteiger partial charge in [-0.15, -0.1) is 13.2 Å².